The van der Waals surface area contributed by atoms with E-state index in [-0.39, 0.29) is 11.2 Å². The van der Waals surface area contributed by atoms with Crippen LogP contribution in [0.5, 0.6) is 0 Å². The van der Waals surface area contributed by atoms with E-state index in [9.17, 15) is 4.79 Å². The van der Waals surface area contributed by atoms with Crippen LogP contribution in [0.25, 0.3) is 0 Å². The molecule has 0 bridgehead atoms. The lowest BCUT2D eigenvalue weighted by Crippen LogP contribution is -2.42. The molecule has 0 radical (unpaired) electrons. The quantitative estimate of drug-likeness (QED) is 0.658. The highest BCUT2D eigenvalue weighted by Crippen LogP contribution is 2.40. The van der Waals surface area contributed by atoms with Crippen molar-refractivity contribution in [1.29, 1.82) is 0 Å². The predicted molar refractivity (Wildman–Crippen MR) is 112 cm³/mol. The van der Waals surface area contributed by atoms with Crippen molar-refractivity contribution in [3.05, 3.63) is 41.7 Å². The topological polar surface area (TPSA) is 51.0 Å². The van der Waals surface area contributed by atoms with E-state index in [1.807, 2.05) is 11.8 Å². The molecule has 0 unspecified atom stereocenters. The number of benzene rings is 1. The SMILES string of the molecule is CCn1c(S[C@H](C)C(=O)N2CCC(Cc3ccccc3)CC2)nnc1C1CC1. The Hall–Kier alpha value is -1.82. The van der Waals surface area contributed by atoms with Crippen molar-refractivity contribution in [2.24, 2.45) is 5.92 Å². The van der Waals surface area contributed by atoms with E-state index in [1.54, 1.807) is 11.8 Å². The summed E-state index contributed by atoms with van der Waals surface area (Å²) in [6.45, 7) is 6.74. The Labute approximate surface area is 171 Å². The summed E-state index contributed by atoms with van der Waals surface area (Å²) in [6, 6.07) is 10.7. The van der Waals surface area contributed by atoms with Gasteiger partial charge in [-0.15, -0.1) is 10.2 Å². The molecule has 4 rings (SSSR count). The monoisotopic (exact) mass is 398 g/mol. The number of rotatable bonds is 7. The van der Waals surface area contributed by atoms with Gasteiger partial charge in [-0.1, -0.05) is 42.1 Å². The summed E-state index contributed by atoms with van der Waals surface area (Å²) in [7, 11) is 0. The lowest BCUT2D eigenvalue weighted by atomic mass is 9.90. The van der Waals surface area contributed by atoms with Crippen molar-refractivity contribution in [2.45, 2.75) is 68.8 Å². The Bertz CT molecular complexity index is 794. The van der Waals surface area contributed by atoms with Gasteiger partial charge in [-0.25, -0.2) is 0 Å². The fraction of sp³-hybridized carbons (Fsp3) is 0.591. The van der Waals surface area contributed by atoms with Crippen LogP contribution in [0.3, 0.4) is 0 Å². The summed E-state index contributed by atoms with van der Waals surface area (Å²) >= 11 is 1.56. The Morgan fingerprint density at radius 1 is 1.14 bits per heavy atom. The first kappa shape index (κ1) is 19.5. The maximum absolute atomic E-state index is 13.0. The van der Waals surface area contributed by atoms with Gasteiger partial charge in [0.2, 0.25) is 5.91 Å². The Balaban J connectivity index is 1.30. The standard InChI is InChI=1S/C22H30N4OS/c1-3-26-20(19-9-10-19)23-24-22(26)28-16(2)21(27)25-13-11-18(12-14-25)15-17-7-5-4-6-8-17/h4-8,16,18-19H,3,9-15H2,1-2H3/t16-/m1/s1. The zero-order valence-electron chi connectivity index (χ0n) is 16.9. The number of aromatic nitrogens is 3. The van der Waals surface area contributed by atoms with E-state index in [0.29, 0.717) is 11.8 Å². The fourth-order valence-corrected chi connectivity index (χ4v) is 5.10. The average Bonchev–Trinajstić information content (AvgIpc) is 3.49. The molecule has 2 aliphatic rings. The van der Waals surface area contributed by atoms with Crippen LogP contribution in [0.2, 0.25) is 0 Å². The molecule has 1 atom stereocenters. The van der Waals surface area contributed by atoms with E-state index in [1.165, 1.54) is 18.4 Å². The molecule has 1 amide bonds. The molecule has 1 aliphatic heterocycles. The first-order valence-corrected chi connectivity index (χ1v) is 11.5. The number of carbonyl (C=O) groups is 1. The van der Waals surface area contributed by atoms with Gasteiger partial charge in [0.25, 0.3) is 0 Å². The van der Waals surface area contributed by atoms with Gasteiger partial charge >= 0.3 is 0 Å². The van der Waals surface area contributed by atoms with Gasteiger partial charge in [-0.2, -0.15) is 0 Å². The third kappa shape index (κ3) is 4.43. The number of nitrogens with zero attached hydrogens (tertiary/aromatic N) is 4. The zero-order chi connectivity index (χ0) is 19.5. The molecule has 150 valence electrons. The summed E-state index contributed by atoms with van der Waals surface area (Å²) in [4.78, 5) is 15.0. The Morgan fingerprint density at radius 3 is 2.50 bits per heavy atom. The highest BCUT2D eigenvalue weighted by Gasteiger charge is 2.32. The summed E-state index contributed by atoms with van der Waals surface area (Å²) in [6.07, 6.45) is 5.74. The highest BCUT2D eigenvalue weighted by atomic mass is 32.2. The lowest BCUT2D eigenvalue weighted by molar-refractivity contribution is -0.131. The van der Waals surface area contributed by atoms with Crippen molar-refractivity contribution < 1.29 is 4.79 Å². The molecule has 0 N–H and O–H groups in total. The van der Waals surface area contributed by atoms with Crippen molar-refractivity contribution in [2.75, 3.05) is 13.1 Å². The summed E-state index contributed by atoms with van der Waals surface area (Å²) in [5.74, 6) is 2.60. The molecule has 1 saturated heterocycles. The Kier molecular flexibility index (Phi) is 6.04. The van der Waals surface area contributed by atoms with E-state index in [4.69, 9.17) is 0 Å². The fourth-order valence-electron chi connectivity index (χ4n) is 4.10. The third-order valence-electron chi connectivity index (χ3n) is 5.93. The van der Waals surface area contributed by atoms with Gasteiger partial charge in [0.15, 0.2) is 5.16 Å². The first-order chi connectivity index (χ1) is 13.7. The number of hydrogen-bond acceptors (Lipinski definition) is 4. The smallest absolute Gasteiger partial charge is 0.235 e. The molecule has 1 saturated carbocycles. The highest BCUT2D eigenvalue weighted by molar-refractivity contribution is 8.00. The van der Waals surface area contributed by atoms with E-state index >= 15 is 0 Å². The number of carbonyl (C=O) groups excluding carboxylic acids is 1. The average molecular weight is 399 g/mol. The molecule has 5 nitrogen and oxygen atoms in total. The molecular weight excluding hydrogens is 368 g/mol. The van der Waals surface area contributed by atoms with Gasteiger partial charge < -0.3 is 9.47 Å². The predicted octanol–water partition coefficient (Wildman–Crippen LogP) is 4.14. The zero-order valence-corrected chi connectivity index (χ0v) is 17.7. The first-order valence-electron chi connectivity index (χ1n) is 10.6. The van der Waals surface area contributed by atoms with E-state index < -0.39 is 0 Å². The maximum Gasteiger partial charge on any atom is 0.235 e. The van der Waals surface area contributed by atoms with Gasteiger partial charge in [0, 0.05) is 25.6 Å². The van der Waals surface area contributed by atoms with E-state index in [0.717, 1.165) is 49.9 Å². The van der Waals surface area contributed by atoms with Crippen LogP contribution < -0.4 is 0 Å². The third-order valence-corrected chi connectivity index (χ3v) is 7.00. The molecule has 1 aromatic carbocycles. The molecule has 1 aromatic heterocycles. The van der Waals surface area contributed by atoms with Crippen molar-refractivity contribution in [3.63, 3.8) is 0 Å². The lowest BCUT2D eigenvalue weighted by Gasteiger charge is -2.33. The molecule has 2 aromatic rings. The van der Waals surface area contributed by atoms with Crippen LogP contribution in [0.1, 0.15) is 56.8 Å². The second-order valence-electron chi connectivity index (χ2n) is 8.08. The number of thioether (sulfide) groups is 1. The maximum atomic E-state index is 13.0. The van der Waals surface area contributed by atoms with Crippen molar-refractivity contribution in [1.82, 2.24) is 19.7 Å². The molecule has 2 fully saturated rings. The van der Waals surface area contributed by atoms with E-state index in [2.05, 4.69) is 52.0 Å². The summed E-state index contributed by atoms with van der Waals surface area (Å²) in [5.41, 5.74) is 1.40. The number of piperidine rings is 1. The minimum Gasteiger partial charge on any atom is -0.342 e. The van der Waals surface area contributed by atoms with Crippen molar-refractivity contribution >= 4 is 17.7 Å². The van der Waals surface area contributed by atoms with Gasteiger partial charge in [0.05, 0.1) is 5.25 Å². The number of hydrogen-bond donors (Lipinski definition) is 0. The molecule has 0 spiro atoms. The molecule has 1 aliphatic carbocycles. The van der Waals surface area contributed by atoms with Gasteiger partial charge in [0.1, 0.15) is 5.82 Å². The van der Waals surface area contributed by atoms with Gasteiger partial charge in [-0.3, -0.25) is 4.79 Å². The minimum absolute atomic E-state index is 0.118. The van der Waals surface area contributed by atoms with Crippen LogP contribution in [-0.2, 0) is 17.8 Å². The second-order valence-corrected chi connectivity index (χ2v) is 9.39. The number of likely N-dealkylation sites (tertiary alicyclic amines) is 1. The molecule has 2 heterocycles. The summed E-state index contributed by atoms with van der Waals surface area (Å²) < 4.78 is 2.19. The van der Waals surface area contributed by atoms with Crippen LogP contribution in [0, 0.1) is 5.92 Å². The molecule has 6 heteroatoms. The molecule has 28 heavy (non-hydrogen) atoms. The normalized spacial score (nSPS) is 19.0. The van der Waals surface area contributed by atoms with Crippen LogP contribution in [-0.4, -0.2) is 43.9 Å². The minimum atomic E-state index is -0.118. The number of amides is 1. The molecular formula is C22H30N4OS. The van der Waals surface area contributed by atoms with Gasteiger partial charge in [-0.05, 0) is 57.4 Å². The Morgan fingerprint density at radius 2 is 1.86 bits per heavy atom. The largest absolute Gasteiger partial charge is 0.342 e. The van der Waals surface area contributed by atoms with Crippen LogP contribution in [0.15, 0.2) is 35.5 Å². The summed E-state index contributed by atoms with van der Waals surface area (Å²) in [5, 5.41) is 9.55. The second kappa shape index (κ2) is 8.68. The van der Waals surface area contributed by atoms with Crippen molar-refractivity contribution in [3.8, 4) is 0 Å². The van der Waals surface area contributed by atoms with Crippen LogP contribution in [0.4, 0.5) is 0 Å². The van der Waals surface area contributed by atoms with Crippen LogP contribution >= 0.6 is 11.8 Å².